The largest absolute Gasteiger partial charge is 0.497 e. The molecule has 6 nitrogen and oxygen atoms in total. The highest BCUT2D eigenvalue weighted by molar-refractivity contribution is 6.36. The Bertz CT molecular complexity index is 915. The first-order valence-corrected chi connectivity index (χ1v) is 9.61. The molecule has 2 aromatic carbocycles. The number of hydrogen-bond donors (Lipinski definition) is 1. The minimum absolute atomic E-state index is 0.0317. The van der Waals surface area contributed by atoms with E-state index in [2.05, 4.69) is 5.32 Å². The Kier molecular flexibility index (Phi) is 6.34. The molecule has 0 aliphatic carbocycles. The molecule has 0 fully saturated rings. The summed E-state index contributed by atoms with van der Waals surface area (Å²) >= 11 is 0. The van der Waals surface area contributed by atoms with Gasteiger partial charge in [-0.05, 0) is 50.6 Å². The highest BCUT2D eigenvalue weighted by atomic mass is 16.5. The fourth-order valence-corrected chi connectivity index (χ4v) is 3.08. The summed E-state index contributed by atoms with van der Waals surface area (Å²) in [4.78, 5) is 27.4. The highest BCUT2D eigenvalue weighted by Gasteiger charge is 2.39. The molecule has 0 spiro atoms. The van der Waals surface area contributed by atoms with Gasteiger partial charge in [0.25, 0.3) is 11.8 Å². The maximum atomic E-state index is 13.1. The van der Waals surface area contributed by atoms with Crippen LogP contribution in [0.5, 0.6) is 5.75 Å². The van der Waals surface area contributed by atoms with Gasteiger partial charge in [0.05, 0.1) is 31.9 Å². The molecule has 0 saturated heterocycles. The van der Waals surface area contributed by atoms with Crippen molar-refractivity contribution in [3.05, 3.63) is 65.4 Å². The predicted molar refractivity (Wildman–Crippen MR) is 113 cm³/mol. The number of imide groups is 1. The zero-order chi connectivity index (χ0) is 21.0. The van der Waals surface area contributed by atoms with Crippen molar-refractivity contribution in [2.45, 2.75) is 26.9 Å². The van der Waals surface area contributed by atoms with Crippen molar-refractivity contribution >= 4 is 23.1 Å². The number of benzene rings is 2. The SMILES string of the molecule is COc1ccc(NC2=C(c3ccc(C)cc3)C(=O)N(CCOC(C)C)C2=O)cc1. The Morgan fingerprint density at radius 3 is 2.21 bits per heavy atom. The summed E-state index contributed by atoms with van der Waals surface area (Å²) in [6.45, 7) is 6.32. The molecule has 1 N–H and O–H groups in total. The Balaban J connectivity index is 1.93. The number of amides is 2. The van der Waals surface area contributed by atoms with Crippen LogP contribution in [0.25, 0.3) is 5.57 Å². The number of nitrogens with zero attached hydrogens (tertiary/aromatic N) is 1. The van der Waals surface area contributed by atoms with E-state index in [4.69, 9.17) is 9.47 Å². The van der Waals surface area contributed by atoms with Gasteiger partial charge in [-0.3, -0.25) is 14.5 Å². The summed E-state index contributed by atoms with van der Waals surface area (Å²) in [5.74, 6) is 0.0422. The maximum absolute atomic E-state index is 13.1. The lowest BCUT2D eigenvalue weighted by molar-refractivity contribution is -0.137. The van der Waals surface area contributed by atoms with Crippen molar-refractivity contribution < 1.29 is 19.1 Å². The van der Waals surface area contributed by atoms with E-state index in [9.17, 15) is 9.59 Å². The van der Waals surface area contributed by atoms with Gasteiger partial charge in [-0.2, -0.15) is 0 Å². The number of carbonyl (C=O) groups is 2. The van der Waals surface area contributed by atoms with E-state index in [0.29, 0.717) is 29.2 Å². The number of nitrogens with one attached hydrogen (secondary N) is 1. The van der Waals surface area contributed by atoms with E-state index in [1.807, 2.05) is 45.0 Å². The Morgan fingerprint density at radius 1 is 0.966 bits per heavy atom. The van der Waals surface area contributed by atoms with Gasteiger partial charge in [0, 0.05) is 5.69 Å². The fraction of sp³-hybridized carbons (Fsp3) is 0.304. The van der Waals surface area contributed by atoms with Crippen LogP contribution in [0.2, 0.25) is 0 Å². The van der Waals surface area contributed by atoms with Gasteiger partial charge in [0.15, 0.2) is 0 Å². The van der Waals surface area contributed by atoms with Gasteiger partial charge in [-0.25, -0.2) is 0 Å². The quantitative estimate of drug-likeness (QED) is 0.693. The lowest BCUT2D eigenvalue weighted by Gasteiger charge is -2.16. The molecule has 6 heteroatoms. The van der Waals surface area contributed by atoms with Crippen LogP contribution in [0.4, 0.5) is 5.69 Å². The molecule has 0 saturated carbocycles. The van der Waals surface area contributed by atoms with Crippen LogP contribution < -0.4 is 10.1 Å². The van der Waals surface area contributed by atoms with E-state index < -0.39 is 0 Å². The lowest BCUT2D eigenvalue weighted by Crippen LogP contribution is -2.35. The molecule has 0 aromatic heterocycles. The molecule has 0 unspecified atom stereocenters. The van der Waals surface area contributed by atoms with Gasteiger partial charge < -0.3 is 14.8 Å². The molecule has 3 rings (SSSR count). The third kappa shape index (κ3) is 4.66. The average Bonchev–Trinajstić information content (AvgIpc) is 2.93. The Morgan fingerprint density at radius 2 is 1.62 bits per heavy atom. The minimum atomic E-state index is -0.353. The molecule has 0 bridgehead atoms. The van der Waals surface area contributed by atoms with E-state index in [0.717, 1.165) is 5.56 Å². The molecule has 152 valence electrons. The summed E-state index contributed by atoms with van der Waals surface area (Å²) in [7, 11) is 1.59. The van der Waals surface area contributed by atoms with Crippen molar-refractivity contribution in [2.75, 3.05) is 25.6 Å². The van der Waals surface area contributed by atoms with Crippen LogP contribution in [-0.4, -0.2) is 43.1 Å². The average molecular weight is 394 g/mol. The van der Waals surface area contributed by atoms with Crippen molar-refractivity contribution in [3.8, 4) is 5.75 Å². The van der Waals surface area contributed by atoms with Crippen LogP contribution in [0.15, 0.2) is 54.2 Å². The van der Waals surface area contributed by atoms with Crippen LogP contribution >= 0.6 is 0 Å². The van der Waals surface area contributed by atoms with E-state index in [1.165, 1.54) is 4.90 Å². The minimum Gasteiger partial charge on any atom is -0.497 e. The van der Waals surface area contributed by atoms with E-state index >= 15 is 0 Å². The molecule has 2 amide bonds. The smallest absolute Gasteiger partial charge is 0.278 e. The third-order valence-corrected chi connectivity index (χ3v) is 4.63. The molecule has 1 aliphatic rings. The zero-order valence-electron chi connectivity index (χ0n) is 17.2. The topological polar surface area (TPSA) is 67.9 Å². The van der Waals surface area contributed by atoms with Gasteiger partial charge in [-0.1, -0.05) is 29.8 Å². The number of rotatable bonds is 8. The number of methoxy groups -OCH3 is 1. The summed E-state index contributed by atoms with van der Waals surface area (Å²) in [6.07, 6.45) is 0.0317. The Labute approximate surface area is 171 Å². The summed E-state index contributed by atoms with van der Waals surface area (Å²) in [5, 5.41) is 3.14. The molecule has 0 radical (unpaired) electrons. The van der Waals surface area contributed by atoms with Crippen molar-refractivity contribution in [1.82, 2.24) is 4.90 Å². The molecule has 2 aromatic rings. The molecular formula is C23H26N2O4. The first kappa shape index (κ1) is 20.6. The number of aryl methyl sites for hydroxylation is 1. The standard InChI is InChI=1S/C23H26N2O4/c1-15(2)29-14-13-25-22(26)20(17-7-5-16(3)6-8-17)21(23(25)27)24-18-9-11-19(28-4)12-10-18/h5-12,15,24H,13-14H2,1-4H3. The van der Waals surface area contributed by atoms with Crippen LogP contribution in [0.3, 0.4) is 0 Å². The fourth-order valence-electron chi connectivity index (χ4n) is 3.08. The summed E-state index contributed by atoms with van der Waals surface area (Å²) < 4.78 is 10.7. The molecule has 1 heterocycles. The maximum Gasteiger partial charge on any atom is 0.278 e. The normalized spacial score (nSPS) is 14.2. The number of anilines is 1. The molecule has 0 atom stereocenters. The Hall–Kier alpha value is -3.12. The second-order valence-electron chi connectivity index (χ2n) is 7.15. The molecule has 1 aliphatic heterocycles. The van der Waals surface area contributed by atoms with Crippen molar-refractivity contribution in [2.24, 2.45) is 0 Å². The number of ether oxygens (including phenoxy) is 2. The zero-order valence-corrected chi connectivity index (χ0v) is 17.2. The predicted octanol–water partition coefficient (Wildman–Crippen LogP) is 3.62. The van der Waals surface area contributed by atoms with Crippen LogP contribution in [0, 0.1) is 6.92 Å². The number of hydrogen-bond acceptors (Lipinski definition) is 5. The highest BCUT2D eigenvalue weighted by Crippen LogP contribution is 2.31. The van der Waals surface area contributed by atoms with Crippen molar-refractivity contribution in [3.63, 3.8) is 0 Å². The van der Waals surface area contributed by atoms with Gasteiger partial charge >= 0.3 is 0 Å². The van der Waals surface area contributed by atoms with Gasteiger partial charge in [0.2, 0.25) is 0 Å². The first-order chi connectivity index (χ1) is 13.9. The summed E-state index contributed by atoms with van der Waals surface area (Å²) in [5.41, 5.74) is 3.13. The lowest BCUT2D eigenvalue weighted by atomic mass is 10.0. The first-order valence-electron chi connectivity index (χ1n) is 9.61. The second kappa shape index (κ2) is 8.92. The van der Waals surface area contributed by atoms with E-state index in [1.54, 1.807) is 31.4 Å². The van der Waals surface area contributed by atoms with Gasteiger partial charge in [0.1, 0.15) is 11.4 Å². The monoisotopic (exact) mass is 394 g/mol. The van der Waals surface area contributed by atoms with Crippen molar-refractivity contribution in [1.29, 1.82) is 0 Å². The summed E-state index contributed by atoms with van der Waals surface area (Å²) in [6, 6.07) is 14.8. The van der Waals surface area contributed by atoms with E-state index in [-0.39, 0.29) is 30.2 Å². The van der Waals surface area contributed by atoms with Crippen LogP contribution in [0.1, 0.15) is 25.0 Å². The third-order valence-electron chi connectivity index (χ3n) is 4.63. The van der Waals surface area contributed by atoms with Crippen LogP contribution in [-0.2, 0) is 14.3 Å². The van der Waals surface area contributed by atoms with Gasteiger partial charge in [-0.15, -0.1) is 0 Å². The molecular weight excluding hydrogens is 368 g/mol. The molecule has 29 heavy (non-hydrogen) atoms. The second-order valence-corrected chi connectivity index (χ2v) is 7.15. The number of carbonyl (C=O) groups excluding carboxylic acids is 2.